The van der Waals surface area contributed by atoms with E-state index in [1.165, 1.54) is 0 Å². The summed E-state index contributed by atoms with van der Waals surface area (Å²) in [5, 5.41) is 8.71. The number of amides is 1. The van der Waals surface area contributed by atoms with Gasteiger partial charge in [-0.3, -0.25) is 4.79 Å². The van der Waals surface area contributed by atoms with Crippen molar-refractivity contribution in [3.05, 3.63) is 46.9 Å². The number of carbonyl (C=O) groups is 1. The molecule has 1 N–H and O–H groups in total. The number of methoxy groups -OCH3 is 1. The Kier molecular flexibility index (Phi) is 4.54. The lowest BCUT2D eigenvalue weighted by Crippen LogP contribution is -2.43. The molecule has 0 aliphatic rings. The molecule has 0 fully saturated rings. The standard InChI is InChI=1S/C19H21N3O4/c1-19(2,3)20-16(23)11-22-18(24)26-17(21-22)14-9-10-15(25-4)13-8-6-5-7-12(13)14/h5-10H,11H2,1-4H3,(H,20,23). The van der Waals surface area contributed by atoms with E-state index in [-0.39, 0.29) is 23.9 Å². The number of fused-ring (bicyclic) bond motifs is 1. The third kappa shape index (κ3) is 3.61. The van der Waals surface area contributed by atoms with Crippen LogP contribution in [0.15, 0.2) is 45.6 Å². The molecule has 0 aliphatic heterocycles. The summed E-state index contributed by atoms with van der Waals surface area (Å²) < 4.78 is 11.7. The van der Waals surface area contributed by atoms with Gasteiger partial charge >= 0.3 is 5.76 Å². The van der Waals surface area contributed by atoms with Crippen LogP contribution in [0.2, 0.25) is 0 Å². The maximum atomic E-state index is 12.1. The Balaban J connectivity index is 1.99. The molecule has 0 unspecified atom stereocenters. The second kappa shape index (κ2) is 6.67. The third-order valence-electron chi connectivity index (χ3n) is 3.75. The fourth-order valence-electron chi connectivity index (χ4n) is 2.74. The van der Waals surface area contributed by atoms with E-state index < -0.39 is 5.76 Å². The molecule has 0 atom stereocenters. The van der Waals surface area contributed by atoms with Gasteiger partial charge in [-0.25, -0.2) is 4.79 Å². The van der Waals surface area contributed by atoms with Gasteiger partial charge in [0.1, 0.15) is 12.3 Å². The van der Waals surface area contributed by atoms with Crippen molar-refractivity contribution in [2.45, 2.75) is 32.9 Å². The van der Waals surface area contributed by atoms with E-state index in [4.69, 9.17) is 9.15 Å². The van der Waals surface area contributed by atoms with Gasteiger partial charge in [-0.1, -0.05) is 24.3 Å². The fourth-order valence-corrected chi connectivity index (χ4v) is 2.74. The Morgan fingerprint density at radius 2 is 1.88 bits per heavy atom. The number of aromatic nitrogens is 2. The highest BCUT2D eigenvalue weighted by atomic mass is 16.5. The first-order valence-corrected chi connectivity index (χ1v) is 8.23. The molecule has 136 valence electrons. The quantitative estimate of drug-likeness (QED) is 0.777. The van der Waals surface area contributed by atoms with Crippen molar-refractivity contribution < 1.29 is 13.9 Å². The van der Waals surface area contributed by atoms with Gasteiger partial charge in [-0.15, -0.1) is 5.10 Å². The molecule has 7 nitrogen and oxygen atoms in total. The second-order valence-electron chi connectivity index (χ2n) is 6.99. The molecule has 2 aromatic carbocycles. The summed E-state index contributed by atoms with van der Waals surface area (Å²) in [5.74, 6) is -0.101. The zero-order valence-electron chi connectivity index (χ0n) is 15.2. The minimum Gasteiger partial charge on any atom is -0.496 e. The highest BCUT2D eigenvalue weighted by Gasteiger charge is 2.19. The number of hydrogen-bond acceptors (Lipinski definition) is 5. The number of nitrogens with one attached hydrogen (secondary N) is 1. The molecule has 0 bridgehead atoms. The monoisotopic (exact) mass is 355 g/mol. The van der Waals surface area contributed by atoms with Crippen molar-refractivity contribution in [3.63, 3.8) is 0 Å². The van der Waals surface area contributed by atoms with Gasteiger partial charge in [-0.05, 0) is 38.3 Å². The molecule has 0 saturated heterocycles. The first-order valence-electron chi connectivity index (χ1n) is 8.23. The molecular formula is C19H21N3O4. The van der Waals surface area contributed by atoms with Crippen molar-refractivity contribution in [3.8, 4) is 17.2 Å². The Morgan fingerprint density at radius 1 is 1.19 bits per heavy atom. The van der Waals surface area contributed by atoms with Crippen molar-refractivity contribution >= 4 is 16.7 Å². The van der Waals surface area contributed by atoms with E-state index in [0.717, 1.165) is 21.2 Å². The summed E-state index contributed by atoms with van der Waals surface area (Å²) in [7, 11) is 1.60. The van der Waals surface area contributed by atoms with Gasteiger partial charge in [-0.2, -0.15) is 4.68 Å². The number of rotatable bonds is 4. The molecule has 26 heavy (non-hydrogen) atoms. The van der Waals surface area contributed by atoms with E-state index in [2.05, 4.69) is 10.4 Å². The van der Waals surface area contributed by atoms with E-state index in [1.54, 1.807) is 19.2 Å². The van der Waals surface area contributed by atoms with Gasteiger partial charge in [0.2, 0.25) is 11.8 Å². The number of carbonyl (C=O) groups excluding carboxylic acids is 1. The Labute approximate surface area is 150 Å². The normalized spacial score (nSPS) is 11.5. The van der Waals surface area contributed by atoms with Crippen LogP contribution in [0.3, 0.4) is 0 Å². The van der Waals surface area contributed by atoms with Crippen molar-refractivity contribution in [1.29, 1.82) is 0 Å². The summed E-state index contributed by atoms with van der Waals surface area (Å²) in [6, 6.07) is 11.2. The minimum absolute atomic E-state index is 0.164. The molecule has 7 heteroatoms. The van der Waals surface area contributed by atoms with Crippen LogP contribution in [-0.2, 0) is 11.3 Å². The molecule has 1 amide bonds. The van der Waals surface area contributed by atoms with Gasteiger partial charge in [0.25, 0.3) is 0 Å². The highest BCUT2D eigenvalue weighted by molar-refractivity contribution is 5.98. The largest absolute Gasteiger partial charge is 0.496 e. The average Bonchev–Trinajstić information content (AvgIpc) is 2.92. The summed E-state index contributed by atoms with van der Waals surface area (Å²) >= 11 is 0. The van der Waals surface area contributed by atoms with E-state index in [0.29, 0.717) is 5.56 Å². The molecule has 3 rings (SSSR count). The minimum atomic E-state index is -0.677. The van der Waals surface area contributed by atoms with Crippen LogP contribution in [0, 0.1) is 0 Å². The molecule has 0 radical (unpaired) electrons. The predicted octanol–water partition coefficient (Wildman–Crippen LogP) is 2.58. The molecule has 0 aliphatic carbocycles. The van der Waals surface area contributed by atoms with Crippen LogP contribution in [0.25, 0.3) is 22.2 Å². The SMILES string of the molecule is COc1ccc(-c2nn(CC(=O)NC(C)(C)C)c(=O)o2)c2ccccc12. The topological polar surface area (TPSA) is 86.4 Å². The fraction of sp³-hybridized carbons (Fsp3) is 0.316. The Hall–Kier alpha value is -3.09. The number of hydrogen-bond donors (Lipinski definition) is 1. The molecular weight excluding hydrogens is 334 g/mol. The zero-order valence-corrected chi connectivity index (χ0v) is 15.2. The van der Waals surface area contributed by atoms with E-state index in [9.17, 15) is 9.59 Å². The second-order valence-corrected chi connectivity index (χ2v) is 6.99. The lowest BCUT2D eigenvalue weighted by atomic mass is 10.0. The van der Waals surface area contributed by atoms with Crippen LogP contribution in [0.1, 0.15) is 20.8 Å². The lowest BCUT2D eigenvalue weighted by molar-refractivity contribution is -0.123. The lowest BCUT2D eigenvalue weighted by Gasteiger charge is -2.19. The van der Waals surface area contributed by atoms with E-state index in [1.807, 2.05) is 45.0 Å². The maximum absolute atomic E-state index is 12.1. The van der Waals surface area contributed by atoms with Crippen LogP contribution in [0.4, 0.5) is 0 Å². The number of nitrogens with zero attached hydrogens (tertiary/aromatic N) is 2. The maximum Gasteiger partial charge on any atom is 0.437 e. The average molecular weight is 355 g/mol. The van der Waals surface area contributed by atoms with Gasteiger partial charge in [0, 0.05) is 16.5 Å². The van der Waals surface area contributed by atoms with Crippen molar-refractivity contribution in [2.75, 3.05) is 7.11 Å². The molecule has 1 heterocycles. The third-order valence-corrected chi connectivity index (χ3v) is 3.75. The van der Waals surface area contributed by atoms with Crippen LogP contribution in [0.5, 0.6) is 5.75 Å². The van der Waals surface area contributed by atoms with Crippen molar-refractivity contribution in [1.82, 2.24) is 15.1 Å². The Bertz CT molecular complexity index is 1010. The molecule has 3 aromatic rings. The summed E-state index contributed by atoms with van der Waals surface area (Å²) in [6.45, 7) is 5.40. The first-order chi connectivity index (χ1) is 12.3. The highest BCUT2D eigenvalue weighted by Crippen LogP contribution is 2.33. The zero-order chi connectivity index (χ0) is 18.9. The summed E-state index contributed by atoms with van der Waals surface area (Å²) in [5.41, 5.74) is 0.271. The molecule has 0 saturated carbocycles. The summed E-state index contributed by atoms with van der Waals surface area (Å²) in [6.07, 6.45) is 0. The molecule has 1 aromatic heterocycles. The first kappa shape index (κ1) is 17.7. The summed E-state index contributed by atoms with van der Waals surface area (Å²) in [4.78, 5) is 24.2. The smallest absolute Gasteiger partial charge is 0.437 e. The number of ether oxygens (including phenoxy) is 1. The number of benzene rings is 2. The van der Waals surface area contributed by atoms with Gasteiger partial charge < -0.3 is 14.5 Å². The van der Waals surface area contributed by atoms with Gasteiger partial charge in [0.15, 0.2) is 0 Å². The van der Waals surface area contributed by atoms with Gasteiger partial charge in [0.05, 0.1) is 7.11 Å². The van der Waals surface area contributed by atoms with Crippen molar-refractivity contribution in [2.24, 2.45) is 0 Å². The van der Waals surface area contributed by atoms with Crippen LogP contribution < -0.4 is 15.8 Å². The Morgan fingerprint density at radius 3 is 2.54 bits per heavy atom. The predicted molar refractivity (Wildman–Crippen MR) is 98.2 cm³/mol. The molecule has 0 spiro atoms. The van der Waals surface area contributed by atoms with Crippen LogP contribution >= 0.6 is 0 Å². The van der Waals surface area contributed by atoms with Crippen LogP contribution in [-0.4, -0.2) is 28.3 Å². The van der Waals surface area contributed by atoms with E-state index >= 15 is 0 Å².